The predicted molar refractivity (Wildman–Crippen MR) is 294 cm³/mol. The monoisotopic (exact) mass is 955 g/mol. The van der Waals surface area contributed by atoms with Crippen LogP contribution in [0.15, 0.2) is 72.8 Å². The molecule has 0 saturated carbocycles. The molecule has 0 amide bonds. The number of ether oxygens (including phenoxy) is 1. The highest BCUT2D eigenvalue weighted by molar-refractivity contribution is 5.63. The van der Waals surface area contributed by atoms with Crippen molar-refractivity contribution in [2.75, 3.05) is 0 Å². The van der Waals surface area contributed by atoms with Gasteiger partial charge in [-0.2, -0.15) is 0 Å². The molecule has 0 fully saturated rings. The van der Waals surface area contributed by atoms with Crippen molar-refractivity contribution in [2.24, 2.45) is 0 Å². The molecule has 6 aromatic rings. The van der Waals surface area contributed by atoms with Crippen molar-refractivity contribution in [2.45, 2.75) is 196 Å². The highest BCUT2D eigenvalue weighted by Gasteiger charge is 2.32. The number of benzene rings is 6. The van der Waals surface area contributed by atoms with E-state index in [1.165, 1.54) is 11.1 Å². The second kappa shape index (κ2) is 17.5. The topological polar surface area (TPSA) is 90.2 Å². The first-order valence-corrected chi connectivity index (χ1v) is 26.0. The quantitative estimate of drug-likeness (QED) is 0.122. The maximum Gasteiger partial charge on any atom is 0.134 e. The van der Waals surface area contributed by atoms with E-state index in [2.05, 4.69) is 197 Å². The van der Waals surface area contributed by atoms with E-state index in [0.717, 1.165) is 89.4 Å². The Morgan fingerprint density at radius 2 is 0.366 bits per heavy atom. The van der Waals surface area contributed by atoms with Crippen LogP contribution in [-0.4, -0.2) is 20.4 Å². The first-order chi connectivity index (χ1) is 32.6. The standard InChI is InChI=1S/C66H82O5/c1-61(2,3)49-25-37-19-38-26-50(62(4,5)6)28-40(56(38)68)21-42-30-52(64(10,11)12)32-44(58(42)70)23-46-34-54(66(16,17)18)36-48-24-47-35-53(65(13,14)15)33-45(59(47)71-60(46)48)22-43-31-51(63(7,8)9)29-41(57(43)69)20-39(27-49)55(37)67/h25-36,67-70H,19-24H2,1-18H3. The highest BCUT2D eigenvalue weighted by atomic mass is 16.5. The van der Waals surface area contributed by atoms with E-state index >= 15 is 0 Å². The van der Waals surface area contributed by atoms with Crippen molar-refractivity contribution in [3.63, 3.8) is 0 Å². The molecule has 8 rings (SSSR count). The van der Waals surface area contributed by atoms with Gasteiger partial charge < -0.3 is 25.2 Å². The van der Waals surface area contributed by atoms with Crippen LogP contribution in [0.25, 0.3) is 0 Å². The molecule has 5 nitrogen and oxygen atoms in total. The van der Waals surface area contributed by atoms with Crippen LogP contribution >= 0.6 is 0 Å². The molecule has 4 N–H and O–H groups in total. The Bertz CT molecular complexity index is 2880. The molecule has 71 heavy (non-hydrogen) atoms. The Labute approximate surface area is 426 Å². The van der Waals surface area contributed by atoms with Gasteiger partial charge in [0, 0.05) is 38.5 Å². The number of hydrogen-bond donors (Lipinski definition) is 4. The van der Waals surface area contributed by atoms with Gasteiger partial charge in [-0.05, 0) is 133 Å². The molecule has 0 saturated heterocycles. The van der Waals surface area contributed by atoms with E-state index in [-0.39, 0.29) is 61.9 Å². The third-order valence-corrected chi connectivity index (χ3v) is 15.2. The molecule has 0 spiro atoms. The molecule has 0 atom stereocenters. The summed E-state index contributed by atoms with van der Waals surface area (Å²) in [6.45, 7) is 39.8. The molecule has 0 radical (unpaired) electrons. The Morgan fingerprint density at radius 3 is 0.521 bits per heavy atom. The Balaban J connectivity index is 1.46. The van der Waals surface area contributed by atoms with Gasteiger partial charge in [-0.25, -0.2) is 0 Å². The lowest BCUT2D eigenvalue weighted by molar-refractivity contribution is 0.442. The zero-order valence-electron chi connectivity index (χ0n) is 46.4. The van der Waals surface area contributed by atoms with Crippen molar-refractivity contribution in [3.8, 4) is 34.5 Å². The Morgan fingerprint density at radius 1 is 0.239 bits per heavy atom. The van der Waals surface area contributed by atoms with Gasteiger partial charge in [0.2, 0.25) is 0 Å². The largest absolute Gasteiger partial charge is 0.507 e. The minimum absolute atomic E-state index is 0.155. The van der Waals surface area contributed by atoms with E-state index in [9.17, 15) is 20.4 Å². The molecular weight excluding hydrogens is 873 g/mol. The second-order valence-electron chi connectivity index (χ2n) is 27.5. The van der Waals surface area contributed by atoms with E-state index in [1.54, 1.807) is 0 Å². The minimum atomic E-state index is -0.264. The minimum Gasteiger partial charge on any atom is -0.507 e. The van der Waals surface area contributed by atoms with Gasteiger partial charge in [-0.15, -0.1) is 0 Å². The van der Waals surface area contributed by atoms with Crippen LogP contribution in [-0.2, 0) is 71.0 Å². The summed E-state index contributed by atoms with van der Waals surface area (Å²) in [5.74, 6) is 2.39. The number of phenols is 4. The summed E-state index contributed by atoms with van der Waals surface area (Å²) in [6.07, 6.45) is 2.44. The molecule has 376 valence electrons. The van der Waals surface area contributed by atoms with Crippen molar-refractivity contribution in [1.29, 1.82) is 0 Å². The first kappa shape index (κ1) is 51.7. The summed E-state index contributed by atoms with van der Waals surface area (Å²) in [5, 5.41) is 50.3. The number of aromatic hydroxyl groups is 4. The normalized spacial score (nSPS) is 14.6. The Hall–Kier alpha value is -5.68. The fourth-order valence-electron chi connectivity index (χ4n) is 10.3. The van der Waals surface area contributed by atoms with E-state index < -0.39 is 0 Å². The number of fused-ring (bicyclic) bond motifs is 8. The molecule has 0 unspecified atom stereocenters. The molecule has 2 heterocycles. The molecular formula is C66H82O5. The molecule has 5 heteroatoms. The summed E-state index contributed by atoms with van der Waals surface area (Å²) in [6, 6.07) is 26.1. The van der Waals surface area contributed by atoms with Crippen molar-refractivity contribution >= 4 is 0 Å². The van der Waals surface area contributed by atoms with Gasteiger partial charge in [-0.1, -0.05) is 197 Å². The molecule has 0 aliphatic carbocycles. The summed E-state index contributed by atoms with van der Waals surface area (Å²) >= 11 is 0. The SMILES string of the molecule is CC(C)(C)c1cc2c(O)c(c1)Cc1cc(C(C)(C)C)cc(c1O)Cc1cc(C(C)(C)C)cc3c1Oc1c(cc(C(C)(C)C)cc1C3)Cc1cc(C(C)(C)C)cc(c1O)Cc1cc(C(C)(C)C)cc(c1O)C2. The van der Waals surface area contributed by atoms with Gasteiger partial charge in [0.15, 0.2) is 0 Å². The molecule has 6 aromatic carbocycles. The van der Waals surface area contributed by atoms with Crippen LogP contribution in [0.4, 0.5) is 0 Å². The van der Waals surface area contributed by atoms with Crippen LogP contribution in [0.3, 0.4) is 0 Å². The molecule has 0 aromatic heterocycles. The maximum absolute atomic E-state index is 12.6. The van der Waals surface area contributed by atoms with Gasteiger partial charge in [0.25, 0.3) is 0 Å². The lowest BCUT2D eigenvalue weighted by atomic mass is 9.79. The first-order valence-electron chi connectivity index (χ1n) is 26.0. The number of rotatable bonds is 0. The maximum atomic E-state index is 12.6. The summed E-state index contributed by atoms with van der Waals surface area (Å²) in [5.41, 5.74) is 15.6. The van der Waals surface area contributed by atoms with Crippen LogP contribution in [0, 0.1) is 0 Å². The zero-order chi connectivity index (χ0) is 52.3. The van der Waals surface area contributed by atoms with Crippen LogP contribution in [0.2, 0.25) is 0 Å². The second-order valence-corrected chi connectivity index (χ2v) is 27.5. The van der Waals surface area contributed by atoms with Gasteiger partial charge in [0.05, 0.1) is 0 Å². The van der Waals surface area contributed by atoms with Crippen LogP contribution in [0.5, 0.6) is 34.5 Å². The van der Waals surface area contributed by atoms with Gasteiger partial charge >= 0.3 is 0 Å². The number of hydrogen-bond acceptors (Lipinski definition) is 5. The van der Waals surface area contributed by atoms with Gasteiger partial charge in [-0.3, -0.25) is 0 Å². The van der Waals surface area contributed by atoms with E-state index in [1.807, 2.05) is 0 Å². The lowest BCUT2D eigenvalue weighted by Gasteiger charge is -2.31. The zero-order valence-corrected chi connectivity index (χ0v) is 46.4. The lowest BCUT2D eigenvalue weighted by Crippen LogP contribution is -2.18. The molecule has 10 bridgehead atoms. The summed E-state index contributed by atoms with van der Waals surface area (Å²) in [4.78, 5) is 0. The van der Waals surface area contributed by atoms with Crippen LogP contribution in [0.1, 0.15) is 225 Å². The highest BCUT2D eigenvalue weighted by Crippen LogP contribution is 2.48. The van der Waals surface area contributed by atoms with Crippen LogP contribution < -0.4 is 4.74 Å². The average Bonchev–Trinajstić information content (AvgIpc) is 3.22. The Kier molecular flexibility index (Phi) is 12.8. The van der Waals surface area contributed by atoms with Crippen molar-refractivity contribution in [1.82, 2.24) is 0 Å². The van der Waals surface area contributed by atoms with E-state index in [0.29, 0.717) is 43.2 Å². The molecule has 2 aliphatic heterocycles. The average molecular weight is 955 g/mol. The van der Waals surface area contributed by atoms with Crippen molar-refractivity contribution in [3.05, 3.63) is 173 Å². The third kappa shape index (κ3) is 10.5. The van der Waals surface area contributed by atoms with Gasteiger partial charge in [0.1, 0.15) is 34.5 Å². The van der Waals surface area contributed by atoms with E-state index in [4.69, 9.17) is 4.74 Å². The fourth-order valence-corrected chi connectivity index (χ4v) is 10.3. The third-order valence-electron chi connectivity index (χ3n) is 15.2. The summed E-state index contributed by atoms with van der Waals surface area (Å²) in [7, 11) is 0. The summed E-state index contributed by atoms with van der Waals surface area (Å²) < 4.78 is 7.36. The smallest absolute Gasteiger partial charge is 0.134 e. The predicted octanol–water partition coefficient (Wildman–Crippen LogP) is 16.3. The molecule has 2 aliphatic rings. The van der Waals surface area contributed by atoms with Crippen molar-refractivity contribution < 1.29 is 25.2 Å². The fraction of sp³-hybridized carbons (Fsp3) is 0.455. The number of phenolic OH excluding ortho intramolecular Hbond substituents is 4.